The van der Waals surface area contributed by atoms with E-state index in [1.807, 2.05) is 43.3 Å². The molecule has 2 aromatic rings. The SMILES string of the molecule is COc1cc(C)ccc1NCc1ccc(CO)cc1. The van der Waals surface area contributed by atoms with Gasteiger partial charge in [-0.1, -0.05) is 30.3 Å². The fourth-order valence-electron chi connectivity index (χ4n) is 1.90. The quantitative estimate of drug-likeness (QED) is 0.864. The van der Waals surface area contributed by atoms with E-state index in [1.165, 1.54) is 11.1 Å². The Morgan fingerprint density at radius 3 is 2.37 bits per heavy atom. The number of nitrogens with one attached hydrogen (secondary N) is 1. The fraction of sp³-hybridized carbons (Fsp3) is 0.250. The molecule has 0 radical (unpaired) electrons. The summed E-state index contributed by atoms with van der Waals surface area (Å²) in [5.74, 6) is 0.854. The third kappa shape index (κ3) is 3.48. The van der Waals surface area contributed by atoms with Gasteiger partial charge in [0.25, 0.3) is 0 Å². The molecule has 2 aromatic carbocycles. The van der Waals surface area contributed by atoms with Gasteiger partial charge in [0.1, 0.15) is 5.75 Å². The zero-order valence-corrected chi connectivity index (χ0v) is 11.3. The minimum Gasteiger partial charge on any atom is -0.495 e. The molecule has 0 aromatic heterocycles. The molecule has 0 aliphatic heterocycles. The Morgan fingerprint density at radius 1 is 1.05 bits per heavy atom. The molecule has 0 atom stereocenters. The number of ether oxygens (including phenoxy) is 1. The van der Waals surface area contributed by atoms with E-state index in [-0.39, 0.29) is 6.61 Å². The van der Waals surface area contributed by atoms with Crippen LogP contribution in [0.25, 0.3) is 0 Å². The molecule has 0 bridgehead atoms. The first-order valence-corrected chi connectivity index (χ1v) is 6.30. The minimum atomic E-state index is 0.0828. The lowest BCUT2D eigenvalue weighted by Gasteiger charge is -2.12. The van der Waals surface area contributed by atoms with Crippen molar-refractivity contribution >= 4 is 5.69 Å². The number of aliphatic hydroxyl groups is 1. The van der Waals surface area contributed by atoms with Crippen LogP contribution in [0.3, 0.4) is 0 Å². The number of benzene rings is 2. The van der Waals surface area contributed by atoms with E-state index in [0.29, 0.717) is 0 Å². The zero-order valence-electron chi connectivity index (χ0n) is 11.3. The number of anilines is 1. The molecular weight excluding hydrogens is 238 g/mol. The Morgan fingerprint density at radius 2 is 1.74 bits per heavy atom. The van der Waals surface area contributed by atoms with Crippen molar-refractivity contribution in [2.24, 2.45) is 0 Å². The third-order valence-electron chi connectivity index (χ3n) is 3.05. The van der Waals surface area contributed by atoms with Gasteiger partial charge in [0.15, 0.2) is 0 Å². The second-order valence-electron chi connectivity index (χ2n) is 4.53. The standard InChI is InChI=1S/C16H19NO2/c1-12-3-8-15(16(9-12)19-2)17-10-13-4-6-14(11-18)7-5-13/h3-9,17-18H,10-11H2,1-2H3. The second-order valence-corrected chi connectivity index (χ2v) is 4.53. The lowest BCUT2D eigenvalue weighted by Crippen LogP contribution is -2.01. The van der Waals surface area contributed by atoms with Crippen molar-refractivity contribution in [2.45, 2.75) is 20.1 Å². The van der Waals surface area contributed by atoms with Crippen LogP contribution < -0.4 is 10.1 Å². The summed E-state index contributed by atoms with van der Waals surface area (Å²) in [6.45, 7) is 2.85. The Bertz CT molecular complexity index is 535. The van der Waals surface area contributed by atoms with Gasteiger partial charge in [-0.15, -0.1) is 0 Å². The number of rotatable bonds is 5. The van der Waals surface area contributed by atoms with Gasteiger partial charge >= 0.3 is 0 Å². The highest BCUT2D eigenvalue weighted by atomic mass is 16.5. The molecule has 0 unspecified atom stereocenters. The maximum Gasteiger partial charge on any atom is 0.142 e. The van der Waals surface area contributed by atoms with E-state index < -0.39 is 0 Å². The van der Waals surface area contributed by atoms with Crippen molar-refractivity contribution in [3.63, 3.8) is 0 Å². The van der Waals surface area contributed by atoms with Crippen LogP contribution in [0.5, 0.6) is 5.75 Å². The van der Waals surface area contributed by atoms with Crippen molar-refractivity contribution in [1.82, 2.24) is 0 Å². The number of hydrogen-bond donors (Lipinski definition) is 2. The van der Waals surface area contributed by atoms with Gasteiger partial charge in [-0.2, -0.15) is 0 Å². The first-order chi connectivity index (χ1) is 9.22. The average Bonchev–Trinajstić information content (AvgIpc) is 2.46. The van der Waals surface area contributed by atoms with Gasteiger partial charge in [0.2, 0.25) is 0 Å². The molecule has 0 saturated carbocycles. The number of aryl methyl sites for hydroxylation is 1. The van der Waals surface area contributed by atoms with E-state index >= 15 is 0 Å². The van der Waals surface area contributed by atoms with E-state index in [9.17, 15) is 0 Å². The van der Waals surface area contributed by atoms with Crippen LogP contribution in [0, 0.1) is 6.92 Å². The molecule has 3 nitrogen and oxygen atoms in total. The molecule has 19 heavy (non-hydrogen) atoms. The minimum absolute atomic E-state index is 0.0828. The summed E-state index contributed by atoms with van der Waals surface area (Å²) in [5, 5.41) is 12.4. The van der Waals surface area contributed by atoms with Crippen molar-refractivity contribution in [3.8, 4) is 5.75 Å². The highest BCUT2D eigenvalue weighted by Gasteiger charge is 2.02. The summed E-state index contributed by atoms with van der Waals surface area (Å²) >= 11 is 0. The van der Waals surface area contributed by atoms with Crippen LogP contribution in [-0.4, -0.2) is 12.2 Å². The number of hydrogen-bond acceptors (Lipinski definition) is 3. The predicted molar refractivity (Wildman–Crippen MR) is 77.4 cm³/mol. The zero-order chi connectivity index (χ0) is 13.7. The smallest absolute Gasteiger partial charge is 0.142 e. The van der Waals surface area contributed by atoms with E-state index in [1.54, 1.807) is 7.11 Å². The molecule has 0 saturated heterocycles. The lowest BCUT2D eigenvalue weighted by atomic mass is 10.1. The molecule has 2 N–H and O–H groups in total. The fourth-order valence-corrected chi connectivity index (χ4v) is 1.90. The maximum atomic E-state index is 9.00. The van der Waals surface area contributed by atoms with Gasteiger partial charge < -0.3 is 15.2 Å². The van der Waals surface area contributed by atoms with Gasteiger partial charge in [-0.25, -0.2) is 0 Å². The summed E-state index contributed by atoms with van der Waals surface area (Å²) < 4.78 is 5.36. The van der Waals surface area contributed by atoms with Crippen LogP contribution in [0.1, 0.15) is 16.7 Å². The Kier molecular flexibility index (Phi) is 4.42. The highest BCUT2D eigenvalue weighted by Crippen LogP contribution is 2.25. The van der Waals surface area contributed by atoms with Gasteiger partial charge in [0, 0.05) is 6.54 Å². The topological polar surface area (TPSA) is 41.5 Å². The second kappa shape index (κ2) is 6.25. The molecule has 0 amide bonds. The van der Waals surface area contributed by atoms with Crippen LogP contribution in [0.2, 0.25) is 0 Å². The molecular formula is C16H19NO2. The van der Waals surface area contributed by atoms with Crippen molar-refractivity contribution < 1.29 is 9.84 Å². The van der Waals surface area contributed by atoms with Crippen LogP contribution in [0.4, 0.5) is 5.69 Å². The van der Waals surface area contributed by atoms with Crippen LogP contribution >= 0.6 is 0 Å². The molecule has 0 aliphatic rings. The molecule has 100 valence electrons. The third-order valence-corrected chi connectivity index (χ3v) is 3.05. The normalized spacial score (nSPS) is 10.3. The van der Waals surface area contributed by atoms with Crippen molar-refractivity contribution in [3.05, 3.63) is 59.2 Å². The summed E-state index contributed by atoms with van der Waals surface area (Å²) in [7, 11) is 1.68. The molecule has 2 rings (SSSR count). The number of methoxy groups -OCH3 is 1. The Hall–Kier alpha value is -2.00. The Balaban J connectivity index is 2.05. The molecule has 0 spiro atoms. The van der Waals surface area contributed by atoms with Gasteiger partial charge in [-0.3, -0.25) is 0 Å². The largest absolute Gasteiger partial charge is 0.495 e. The summed E-state index contributed by atoms with van der Waals surface area (Å²) in [6, 6.07) is 14.0. The van der Waals surface area contributed by atoms with E-state index in [2.05, 4.69) is 11.4 Å². The van der Waals surface area contributed by atoms with E-state index in [4.69, 9.17) is 9.84 Å². The molecule has 0 fully saturated rings. The molecule has 3 heteroatoms. The van der Waals surface area contributed by atoms with Gasteiger partial charge in [-0.05, 0) is 35.7 Å². The number of aliphatic hydroxyl groups excluding tert-OH is 1. The predicted octanol–water partition coefficient (Wildman–Crippen LogP) is 3.11. The van der Waals surface area contributed by atoms with E-state index in [0.717, 1.165) is 23.5 Å². The van der Waals surface area contributed by atoms with Crippen LogP contribution in [-0.2, 0) is 13.2 Å². The van der Waals surface area contributed by atoms with Crippen LogP contribution in [0.15, 0.2) is 42.5 Å². The Labute approximate surface area is 113 Å². The highest BCUT2D eigenvalue weighted by molar-refractivity contribution is 5.57. The lowest BCUT2D eigenvalue weighted by molar-refractivity contribution is 0.282. The summed E-state index contributed by atoms with van der Waals surface area (Å²) in [5.41, 5.74) is 4.26. The monoisotopic (exact) mass is 257 g/mol. The molecule has 0 aliphatic carbocycles. The summed E-state index contributed by atoms with van der Waals surface area (Å²) in [6.07, 6.45) is 0. The van der Waals surface area contributed by atoms with Crippen molar-refractivity contribution in [2.75, 3.05) is 12.4 Å². The maximum absolute atomic E-state index is 9.00. The average molecular weight is 257 g/mol. The first kappa shape index (κ1) is 13.4. The molecule has 0 heterocycles. The first-order valence-electron chi connectivity index (χ1n) is 6.30. The summed E-state index contributed by atoms with van der Waals surface area (Å²) in [4.78, 5) is 0. The van der Waals surface area contributed by atoms with Crippen molar-refractivity contribution in [1.29, 1.82) is 0 Å². The van der Waals surface area contributed by atoms with Gasteiger partial charge in [0.05, 0.1) is 19.4 Å².